The van der Waals surface area contributed by atoms with Gasteiger partial charge in [0.25, 0.3) is 0 Å². The maximum absolute atomic E-state index is 11.8. The Labute approximate surface area is 134 Å². The van der Waals surface area contributed by atoms with E-state index < -0.39 is 5.97 Å². The molecule has 0 amide bonds. The van der Waals surface area contributed by atoms with Crippen LogP contribution >= 0.6 is 0 Å². The maximum Gasteiger partial charge on any atom is 0.340 e. The molecule has 0 unspecified atom stereocenters. The first-order valence-electron chi connectivity index (χ1n) is 7.27. The predicted octanol–water partition coefficient (Wildman–Crippen LogP) is 1.51. The predicted molar refractivity (Wildman–Crippen MR) is 83.5 cm³/mol. The highest BCUT2D eigenvalue weighted by Crippen LogP contribution is 2.32. The molecule has 23 heavy (non-hydrogen) atoms. The molecule has 2 N–H and O–H groups in total. The molecule has 0 bridgehead atoms. The van der Waals surface area contributed by atoms with E-state index in [1.165, 1.54) is 13.2 Å². The van der Waals surface area contributed by atoms with Gasteiger partial charge in [-0.2, -0.15) is 15.0 Å². The Hall–Kier alpha value is -2.77. The molecule has 124 valence electrons. The van der Waals surface area contributed by atoms with Crippen LogP contribution in [-0.2, 0) is 11.3 Å². The summed E-state index contributed by atoms with van der Waals surface area (Å²) >= 11 is 0. The first-order chi connectivity index (χ1) is 11.2. The monoisotopic (exact) mass is 320 g/mol. The minimum atomic E-state index is -0.486. The van der Waals surface area contributed by atoms with Gasteiger partial charge in [-0.25, -0.2) is 4.79 Å². The molecular weight excluding hydrogens is 300 g/mol. The SMILES string of the molecule is CCOC(=O)c1cc(OC)c(OCCCn2nccn2)cc1N. The molecule has 2 aromatic rings. The van der Waals surface area contributed by atoms with E-state index in [0.29, 0.717) is 24.7 Å². The second-order valence-corrected chi connectivity index (χ2v) is 4.64. The van der Waals surface area contributed by atoms with Gasteiger partial charge in [-0.3, -0.25) is 0 Å². The van der Waals surface area contributed by atoms with Crippen LogP contribution < -0.4 is 15.2 Å². The van der Waals surface area contributed by atoms with E-state index in [-0.39, 0.29) is 17.9 Å². The number of nitrogens with zero attached hydrogens (tertiary/aromatic N) is 3. The summed E-state index contributed by atoms with van der Waals surface area (Å²) in [6, 6.07) is 3.09. The van der Waals surface area contributed by atoms with E-state index in [1.807, 2.05) is 0 Å². The average molecular weight is 320 g/mol. The van der Waals surface area contributed by atoms with E-state index in [2.05, 4.69) is 10.2 Å². The highest BCUT2D eigenvalue weighted by molar-refractivity contribution is 5.96. The molecular formula is C15H20N4O4. The van der Waals surface area contributed by atoms with Crippen molar-refractivity contribution in [1.29, 1.82) is 0 Å². The van der Waals surface area contributed by atoms with Crippen molar-refractivity contribution in [3.8, 4) is 11.5 Å². The molecule has 0 atom stereocenters. The number of benzene rings is 1. The van der Waals surface area contributed by atoms with Crippen molar-refractivity contribution < 1.29 is 19.0 Å². The summed E-state index contributed by atoms with van der Waals surface area (Å²) in [5.41, 5.74) is 6.44. The summed E-state index contributed by atoms with van der Waals surface area (Å²) in [5, 5.41) is 8.02. The second-order valence-electron chi connectivity index (χ2n) is 4.64. The molecule has 0 spiro atoms. The molecule has 0 aliphatic carbocycles. The number of rotatable bonds is 8. The number of esters is 1. The van der Waals surface area contributed by atoms with Gasteiger partial charge in [0.05, 0.1) is 50.5 Å². The molecule has 8 nitrogen and oxygen atoms in total. The topological polar surface area (TPSA) is 101 Å². The standard InChI is InChI=1S/C15H20N4O4/c1-3-22-15(20)11-9-13(21-2)14(10-12(11)16)23-8-4-7-19-17-5-6-18-19/h5-6,9-10H,3-4,7-8,16H2,1-2H3. The number of nitrogens with two attached hydrogens (primary N) is 1. The van der Waals surface area contributed by atoms with Gasteiger partial charge in [0, 0.05) is 18.6 Å². The summed E-state index contributed by atoms with van der Waals surface area (Å²) in [4.78, 5) is 13.4. The molecule has 8 heteroatoms. The van der Waals surface area contributed by atoms with Crippen molar-refractivity contribution in [1.82, 2.24) is 15.0 Å². The van der Waals surface area contributed by atoms with Crippen LogP contribution in [0.2, 0.25) is 0 Å². The number of methoxy groups -OCH3 is 1. The number of carbonyl (C=O) groups excluding carboxylic acids is 1. The van der Waals surface area contributed by atoms with E-state index in [9.17, 15) is 4.79 Å². The van der Waals surface area contributed by atoms with E-state index in [1.54, 1.807) is 30.2 Å². The molecule has 1 heterocycles. The van der Waals surface area contributed by atoms with Crippen molar-refractivity contribution >= 4 is 11.7 Å². The minimum absolute atomic E-state index is 0.261. The number of ether oxygens (including phenoxy) is 3. The van der Waals surface area contributed by atoms with Crippen molar-refractivity contribution in [2.75, 3.05) is 26.1 Å². The van der Waals surface area contributed by atoms with Crippen molar-refractivity contribution in [3.63, 3.8) is 0 Å². The summed E-state index contributed by atoms with van der Waals surface area (Å²) in [6.07, 6.45) is 3.97. The normalized spacial score (nSPS) is 10.3. The molecule has 0 aliphatic rings. The zero-order valence-electron chi connectivity index (χ0n) is 13.2. The van der Waals surface area contributed by atoms with Crippen LogP contribution in [0.4, 0.5) is 5.69 Å². The van der Waals surface area contributed by atoms with Gasteiger partial charge in [0.2, 0.25) is 0 Å². The number of carbonyl (C=O) groups is 1. The Morgan fingerprint density at radius 1 is 1.26 bits per heavy atom. The van der Waals surface area contributed by atoms with Gasteiger partial charge >= 0.3 is 5.97 Å². The highest BCUT2D eigenvalue weighted by atomic mass is 16.5. The lowest BCUT2D eigenvalue weighted by molar-refractivity contribution is 0.0527. The lowest BCUT2D eigenvalue weighted by Gasteiger charge is -2.14. The zero-order valence-corrected chi connectivity index (χ0v) is 13.2. The molecule has 0 saturated heterocycles. The van der Waals surface area contributed by atoms with Crippen molar-refractivity contribution in [2.45, 2.75) is 19.9 Å². The fourth-order valence-electron chi connectivity index (χ4n) is 1.98. The van der Waals surface area contributed by atoms with E-state index in [4.69, 9.17) is 19.9 Å². The first-order valence-corrected chi connectivity index (χ1v) is 7.27. The van der Waals surface area contributed by atoms with Crippen LogP contribution in [0.25, 0.3) is 0 Å². The summed E-state index contributed by atoms with van der Waals surface area (Å²) < 4.78 is 15.9. The lowest BCUT2D eigenvalue weighted by atomic mass is 10.1. The number of hydrogen-bond donors (Lipinski definition) is 1. The molecule has 0 fully saturated rings. The summed E-state index contributed by atoms with van der Waals surface area (Å²) in [5.74, 6) is 0.422. The third-order valence-corrected chi connectivity index (χ3v) is 3.06. The number of aromatic nitrogens is 3. The van der Waals surface area contributed by atoms with Crippen LogP contribution in [0.5, 0.6) is 11.5 Å². The number of hydrogen-bond acceptors (Lipinski definition) is 7. The van der Waals surface area contributed by atoms with Crippen LogP contribution in [0.3, 0.4) is 0 Å². The Morgan fingerprint density at radius 3 is 2.65 bits per heavy atom. The zero-order chi connectivity index (χ0) is 16.7. The number of aryl methyl sites for hydroxylation is 1. The molecule has 1 aromatic heterocycles. The van der Waals surface area contributed by atoms with Crippen LogP contribution in [0, 0.1) is 0 Å². The fraction of sp³-hybridized carbons (Fsp3) is 0.400. The second kappa shape index (κ2) is 8.02. The van der Waals surface area contributed by atoms with E-state index in [0.717, 1.165) is 6.42 Å². The largest absolute Gasteiger partial charge is 0.493 e. The Balaban J connectivity index is 2.00. The molecule has 0 radical (unpaired) electrons. The molecule has 1 aromatic carbocycles. The Bertz CT molecular complexity index is 643. The first kappa shape index (κ1) is 16.6. The van der Waals surface area contributed by atoms with Crippen LogP contribution in [-0.4, -0.2) is 41.3 Å². The number of anilines is 1. The molecule has 0 saturated carbocycles. The van der Waals surface area contributed by atoms with Gasteiger partial charge in [-0.15, -0.1) is 0 Å². The van der Waals surface area contributed by atoms with E-state index >= 15 is 0 Å². The van der Waals surface area contributed by atoms with Crippen molar-refractivity contribution in [2.24, 2.45) is 0 Å². The smallest absolute Gasteiger partial charge is 0.340 e. The van der Waals surface area contributed by atoms with Crippen LogP contribution in [0.1, 0.15) is 23.7 Å². The lowest BCUT2D eigenvalue weighted by Crippen LogP contribution is -2.10. The quantitative estimate of drug-likeness (QED) is 0.447. The summed E-state index contributed by atoms with van der Waals surface area (Å²) in [6.45, 7) is 3.10. The molecule has 2 rings (SSSR count). The number of nitrogen functional groups attached to an aromatic ring is 1. The van der Waals surface area contributed by atoms with Gasteiger partial charge in [0.15, 0.2) is 11.5 Å². The van der Waals surface area contributed by atoms with Gasteiger partial charge in [-0.1, -0.05) is 0 Å². The van der Waals surface area contributed by atoms with Crippen molar-refractivity contribution in [3.05, 3.63) is 30.1 Å². The third-order valence-electron chi connectivity index (χ3n) is 3.06. The van der Waals surface area contributed by atoms with Crippen LogP contribution in [0.15, 0.2) is 24.5 Å². The van der Waals surface area contributed by atoms with Gasteiger partial charge in [-0.05, 0) is 6.92 Å². The third kappa shape index (κ3) is 4.35. The van der Waals surface area contributed by atoms with Gasteiger partial charge in [0.1, 0.15) is 0 Å². The summed E-state index contributed by atoms with van der Waals surface area (Å²) in [7, 11) is 1.50. The molecule has 0 aliphatic heterocycles. The maximum atomic E-state index is 11.8. The minimum Gasteiger partial charge on any atom is -0.493 e. The van der Waals surface area contributed by atoms with Gasteiger partial charge < -0.3 is 19.9 Å². The highest BCUT2D eigenvalue weighted by Gasteiger charge is 2.16. The Kier molecular flexibility index (Phi) is 5.79. The fourth-order valence-corrected chi connectivity index (χ4v) is 1.98. The average Bonchev–Trinajstić information content (AvgIpc) is 3.05. The Morgan fingerprint density at radius 2 is 2.00 bits per heavy atom.